The average molecular weight is 112 g/mol. The van der Waals surface area contributed by atoms with E-state index in [0.717, 1.165) is 0 Å². The van der Waals surface area contributed by atoms with Crippen LogP contribution in [0.2, 0.25) is 0 Å². The molecule has 0 aromatic carbocycles. The first-order chi connectivity index (χ1) is 3.72. The maximum Gasteiger partial charge on any atom is 0.284 e. The molecule has 0 saturated carbocycles. The van der Waals surface area contributed by atoms with Gasteiger partial charge in [-0.15, -0.1) is 0 Å². The van der Waals surface area contributed by atoms with Crippen molar-refractivity contribution in [1.82, 2.24) is 5.48 Å². The van der Waals surface area contributed by atoms with Crippen LogP contribution < -0.4 is 5.48 Å². The second kappa shape index (κ2) is 2.77. The van der Waals surface area contributed by atoms with E-state index in [1.807, 2.05) is 0 Å². The summed E-state index contributed by atoms with van der Waals surface area (Å²) in [6, 6.07) is 1.45. The summed E-state index contributed by atoms with van der Waals surface area (Å²) in [5.74, 6) is -0.868. The molecule has 0 aromatic rings. The fourth-order valence-electron chi connectivity index (χ4n) is 0.118. The van der Waals surface area contributed by atoms with Crippen molar-refractivity contribution in [2.45, 2.75) is 0 Å². The number of carbonyl (C=O) groups is 1. The third-order valence-corrected chi connectivity index (χ3v) is 0.511. The molecule has 4 heteroatoms. The standard InChI is InChI=1S/C4H4N2O2/c1-3(2-5)4(7)6-8/h8H,1H2,(H,6,7). The van der Waals surface area contributed by atoms with E-state index < -0.39 is 5.91 Å². The van der Waals surface area contributed by atoms with Gasteiger partial charge in [0, 0.05) is 0 Å². The molecule has 0 spiro atoms. The number of hydrogen-bond donors (Lipinski definition) is 2. The van der Waals surface area contributed by atoms with E-state index >= 15 is 0 Å². The number of nitrogens with one attached hydrogen (secondary N) is 1. The number of nitrogens with zero attached hydrogens (tertiary/aromatic N) is 1. The molecular formula is C4H4N2O2. The molecule has 42 valence electrons. The summed E-state index contributed by atoms with van der Waals surface area (Å²) in [7, 11) is 0. The fraction of sp³-hybridized carbons (Fsp3) is 0. The third-order valence-electron chi connectivity index (χ3n) is 0.511. The Labute approximate surface area is 46.0 Å². The number of hydroxylamine groups is 1. The Bertz CT molecular complexity index is 156. The van der Waals surface area contributed by atoms with Crippen molar-refractivity contribution < 1.29 is 10.0 Å². The Hall–Kier alpha value is -1.34. The molecule has 4 nitrogen and oxygen atoms in total. The molecule has 0 atom stereocenters. The van der Waals surface area contributed by atoms with Crippen molar-refractivity contribution in [3.63, 3.8) is 0 Å². The maximum atomic E-state index is 10.1. The lowest BCUT2D eigenvalue weighted by Gasteiger charge is -1.88. The highest BCUT2D eigenvalue weighted by Gasteiger charge is 2.00. The van der Waals surface area contributed by atoms with Gasteiger partial charge in [-0.05, 0) is 0 Å². The fourth-order valence-corrected chi connectivity index (χ4v) is 0.118. The molecule has 0 radical (unpaired) electrons. The van der Waals surface area contributed by atoms with Crippen LogP contribution >= 0.6 is 0 Å². The molecule has 0 aliphatic heterocycles. The highest BCUT2D eigenvalue weighted by atomic mass is 16.5. The van der Waals surface area contributed by atoms with Gasteiger partial charge in [-0.2, -0.15) is 5.26 Å². The number of rotatable bonds is 1. The lowest BCUT2D eigenvalue weighted by Crippen LogP contribution is -2.19. The monoisotopic (exact) mass is 112 g/mol. The Morgan fingerprint density at radius 1 is 1.88 bits per heavy atom. The second-order valence-corrected chi connectivity index (χ2v) is 1.03. The molecular weight excluding hydrogens is 108 g/mol. The lowest BCUT2D eigenvalue weighted by atomic mass is 10.3. The molecule has 0 aromatic heterocycles. The summed E-state index contributed by atoms with van der Waals surface area (Å²) in [5, 5.41) is 15.7. The Morgan fingerprint density at radius 2 is 2.38 bits per heavy atom. The first-order valence-corrected chi connectivity index (χ1v) is 1.75. The highest BCUT2D eigenvalue weighted by molar-refractivity contribution is 5.95. The van der Waals surface area contributed by atoms with Gasteiger partial charge >= 0.3 is 0 Å². The number of hydrogen-bond acceptors (Lipinski definition) is 3. The van der Waals surface area contributed by atoms with E-state index in [-0.39, 0.29) is 5.57 Å². The van der Waals surface area contributed by atoms with E-state index in [1.165, 1.54) is 11.5 Å². The zero-order valence-electron chi connectivity index (χ0n) is 4.01. The molecule has 0 heterocycles. The predicted molar refractivity (Wildman–Crippen MR) is 24.7 cm³/mol. The van der Waals surface area contributed by atoms with Crippen LogP contribution in [0.5, 0.6) is 0 Å². The van der Waals surface area contributed by atoms with Gasteiger partial charge in [-0.25, -0.2) is 5.48 Å². The zero-order valence-corrected chi connectivity index (χ0v) is 4.01. The van der Waals surface area contributed by atoms with Gasteiger partial charge in [-0.3, -0.25) is 10.0 Å². The normalized spacial score (nSPS) is 7.00. The Balaban J connectivity index is 3.89. The smallest absolute Gasteiger partial charge is 0.284 e. The zero-order chi connectivity index (χ0) is 6.57. The van der Waals surface area contributed by atoms with Crippen LogP contribution in [0.4, 0.5) is 0 Å². The topological polar surface area (TPSA) is 73.1 Å². The minimum absolute atomic E-state index is 0.312. The van der Waals surface area contributed by atoms with Gasteiger partial charge in [-0.1, -0.05) is 6.58 Å². The van der Waals surface area contributed by atoms with Crippen molar-refractivity contribution in [1.29, 1.82) is 5.26 Å². The second-order valence-electron chi connectivity index (χ2n) is 1.03. The largest absolute Gasteiger partial charge is 0.288 e. The molecule has 0 saturated heterocycles. The van der Waals surface area contributed by atoms with Crippen molar-refractivity contribution in [2.24, 2.45) is 0 Å². The summed E-state index contributed by atoms with van der Waals surface area (Å²) in [4.78, 5) is 10.1. The minimum atomic E-state index is -0.868. The van der Waals surface area contributed by atoms with Gasteiger partial charge < -0.3 is 0 Å². The van der Waals surface area contributed by atoms with E-state index in [0.29, 0.717) is 0 Å². The Kier molecular flexibility index (Phi) is 2.31. The Morgan fingerprint density at radius 3 is 2.50 bits per heavy atom. The van der Waals surface area contributed by atoms with Crippen molar-refractivity contribution >= 4 is 5.91 Å². The van der Waals surface area contributed by atoms with Gasteiger partial charge in [0.1, 0.15) is 11.6 Å². The van der Waals surface area contributed by atoms with Crippen LogP contribution in [0.15, 0.2) is 12.2 Å². The van der Waals surface area contributed by atoms with E-state index in [9.17, 15) is 4.79 Å². The van der Waals surface area contributed by atoms with E-state index in [1.54, 1.807) is 0 Å². The number of nitriles is 1. The summed E-state index contributed by atoms with van der Waals surface area (Å²) >= 11 is 0. The molecule has 0 bridgehead atoms. The van der Waals surface area contributed by atoms with Crippen molar-refractivity contribution in [2.75, 3.05) is 0 Å². The molecule has 0 rings (SSSR count). The minimum Gasteiger partial charge on any atom is -0.288 e. The van der Waals surface area contributed by atoms with Crippen LogP contribution in [-0.4, -0.2) is 11.1 Å². The van der Waals surface area contributed by atoms with Crippen LogP contribution in [0.25, 0.3) is 0 Å². The first kappa shape index (κ1) is 6.66. The van der Waals surface area contributed by atoms with E-state index in [4.69, 9.17) is 10.5 Å². The molecule has 2 N–H and O–H groups in total. The van der Waals surface area contributed by atoms with E-state index in [2.05, 4.69) is 6.58 Å². The average Bonchev–Trinajstić information content (AvgIpc) is 1.84. The van der Waals surface area contributed by atoms with Crippen LogP contribution in [-0.2, 0) is 4.79 Å². The van der Waals surface area contributed by atoms with Crippen LogP contribution in [0.3, 0.4) is 0 Å². The van der Waals surface area contributed by atoms with Gasteiger partial charge in [0.05, 0.1) is 0 Å². The summed E-state index contributed by atoms with van der Waals surface area (Å²) in [6.07, 6.45) is 0. The van der Waals surface area contributed by atoms with Gasteiger partial charge in [0.25, 0.3) is 5.91 Å². The molecule has 0 aliphatic rings. The quantitative estimate of drug-likeness (QED) is 0.209. The SMILES string of the molecule is C=C(C#N)C(=O)NO. The molecule has 0 fully saturated rings. The third kappa shape index (κ3) is 1.41. The van der Waals surface area contributed by atoms with Crippen molar-refractivity contribution in [3.8, 4) is 6.07 Å². The first-order valence-electron chi connectivity index (χ1n) is 1.75. The van der Waals surface area contributed by atoms with Crippen LogP contribution in [0, 0.1) is 11.3 Å². The summed E-state index contributed by atoms with van der Waals surface area (Å²) in [6.45, 7) is 3.01. The molecule has 8 heavy (non-hydrogen) atoms. The number of carbonyl (C=O) groups excluding carboxylic acids is 1. The lowest BCUT2D eigenvalue weighted by molar-refractivity contribution is -0.124. The predicted octanol–water partition coefficient (Wildman–Crippen LogP) is -0.428. The maximum absolute atomic E-state index is 10.1. The summed E-state index contributed by atoms with van der Waals surface area (Å²) in [5.41, 5.74) is 0.942. The number of amides is 1. The molecule has 0 unspecified atom stereocenters. The van der Waals surface area contributed by atoms with Gasteiger partial charge in [0.2, 0.25) is 0 Å². The molecule has 1 amide bonds. The highest BCUT2D eigenvalue weighted by Crippen LogP contribution is 1.82. The van der Waals surface area contributed by atoms with Crippen LogP contribution in [0.1, 0.15) is 0 Å². The molecule has 0 aliphatic carbocycles. The van der Waals surface area contributed by atoms with Gasteiger partial charge in [0.15, 0.2) is 0 Å². The van der Waals surface area contributed by atoms with Crippen molar-refractivity contribution in [3.05, 3.63) is 12.2 Å². The summed E-state index contributed by atoms with van der Waals surface area (Å²) < 4.78 is 0.